The fraction of sp³-hybridized carbons (Fsp3) is 0.0909. The molecule has 0 atom stereocenters. The summed E-state index contributed by atoms with van der Waals surface area (Å²) in [5.74, 6) is 0.966. The molecule has 0 aliphatic rings. The van der Waals surface area contributed by atoms with Gasteiger partial charge >= 0.3 is 0 Å². The number of carbonyl (C=O) groups excluding carboxylic acids is 1. The quantitative estimate of drug-likeness (QED) is 0.184. The van der Waals surface area contributed by atoms with Crippen molar-refractivity contribution >= 4 is 55.6 Å². The summed E-state index contributed by atoms with van der Waals surface area (Å²) in [5.41, 5.74) is 3.02. The monoisotopic (exact) mass is 636 g/mol. The lowest BCUT2D eigenvalue weighted by Gasteiger charge is -2.13. The Labute approximate surface area is 254 Å². The molecule has 0 fully saturated rings. The van der Waals surface area contributed by atoms with Crippen molar-refractivity contribution in [1.29, 1.82) is 0 Å². The van der Waals surface area contributed by atoms with Gasteiger partial charge in [0.1, 0.15) is 5.58 Å². The molecule has 1 N–H and O–H groups in total. The number of aromatic nitrogens is 2. The normalized spacial score (nSPS) is 11.3. The number of hydrogen-bond acceptors (Lipinski definition) is 7. The number of furan rings is 1. The largest absolute Gasteiger partial charge is 0.493 e. The number of nitrogens with one attached hydrogen (secondary N) is 1. The predicted octanol–water partition coefficient (Wildman–Crippen LogP) is 6.79. The molecule has 2 aromatic heterocycles. The van der Waals surface area contributed by atoms with Gasteiger partial charge in [-0.3, -0.25) is 9.59 Å². The summed E-state index contributed by atoms with van der Waals surface area (Å²) in [4.78, 5) is 31.1. The average molecular weight is 637 g/mol. The minimum absolute atomic E-state index is 0.232. The molecule has 214 valence electrons. The van der Waals surface area contributed by atoms with E-state index in [-0.39, 0.29) is 23.9 Å². The van der Waals surface area contributed by atoms with Crippen LogP contribution in [0.5, 0.6) is 11.5 Å². The molecule has 1 amide bonds. The Morgan fingerprint density at radius 1 is 1.05 bits per heavy atom. The first kappa shape index (κ1) is 27.9. The number of aryl methyl sites for hydroxylation is 1. The Hall–Kier alpha value is -5.22. The van der Waals surface area contributed by atoms with Gasteiger partial charge in [-0.05, 0) is 67.6 Å². The van der Waals surface area contributed by atoms with Crippen LogP contribution in [-0.2, 0) is 4.79 Å². The molecule has 43 heavy (non-hydrogen) atoms. The van der Waals surface area contributed by atoms with Crippen molar-refractivity contribution in [3.8, 4) is 23.1 Å². The number of anilines is 1. The zero-order chi connectivity index (χ0) is 29.9. The second-order valence-corrected chi connectivity index (χ2v) is 10.6. The molecular formula is C33H25BrN4O5. The third-order valence-corrected chi connectivity index (χ3v) is 7.17. The van der Waals surface area contributed by atoms with Crippen molar-refractivity contribution in [2.24, 2.45) is 5.10 Å². The highest BCUT2D eigenvalue weighted by molar-refractivity contribution is 9.10. The van der Waals surface area contributed by atoms with E-state index in [0.717, 1.165) is 15.4 Å². The van der Waals surface area contributed by atoms with E-state index < -0.39 is 0 Å². The van der Waals surface area contributed by atoms with E-state index in [1.807, 2.05) is 61.5 Å². The molecular weight excluding hydrogens is 612 g/mol. The Morgan fingerprint density at radius 2 is 1.86 bits per heavy atom. The molecule has 6 aromatic rings. The van der Waals surface area contributed by atoms with Gasteiger partial charge in [0.15, 0.2) is 23.9 Å². The van der Waals surface area contributed by atoms with Crippen LogP contribution in [0.25, 0.3) is 33.5 Å². The van der Waals surface area contributed by atoms with Crippen molar-refractivity contribution in [1.82, 2.24) is 9.66 Å². The Morgan fingerprint density at radius 3 is 2.67 bits per heavy atom. The minimum atomic E-state index is -0.374. The lowest BCUT2D eigenvalue weighted by Crippen LogP contribution is -2.21. The highest BCUT2D eigenvalue weighted by Gasteiger charge is 2.18. The van der Waals surface area contributed by atoms with Crippen LogP contribution in [0.4, 0.5) is 5.69 Å². The van der Waals surface area contributed by atoms with Crippen LogP contribution < -0.4 is 20.3 Å². The van der Waals surface area contributed by atoms with Crippen LogP contribution in [0.15, 0.2) is 110 Å². The number of benzene rings is 4. The number of para-hydroxylation sites is 2. The van der Waals surface area contributed by atoms with E-state index in [1.165, 1.54) is 18.0 Å². The summed E-state index contributed by atoms with van der Waals surface area (Å²) < 4.78 is 19.6. The molecule has 0 aliphatic carbocycles. The van der Waals surface area contributed by atoms with E-state index >= 15 is 0 Å². The molecule has 6 rings (SSSR count). The zero-order valence-electron chi connectivity index (χ0n) is 23.2. The fourth-order valence-electron chi connectivity index (χ4n) is 4.56. The number of rotatable bonds is 8. The number of carbonyl (C=O) groups is 1. The minimum Gasteiger partial charge on any atom is -0.493 e. The molecule has 4 aromatic carbocycles. The van der Waals surface area contributed by atoms with Crippen molar-refractivity contribution < 1.29 is 18.7 Å². The smallest absolute Gasteiger partial charge is 0.282 e. The first-order valence-corrected chi connectivity index (χ1v) is 14.1. The molecule has 0 radical (unpaired) electrons. The van der Waals surface area contributed by atoms with Crippen LogP contribution in [0.3, 0.4) is 0 Å². The number of halogens is 1. The summed E-state index contributed by atoms with van der Waals surface area (Å²) in [5, 5.41) is 8.60. The summed E-state index contributed by atoms with van der Waals surface area (Å²) in [7, 11) is 1.51. The Balaban J connectivity index is 1.37. The predicted molar refractivity (Wildman–Crippen MR) is 170 cm³/mol. The Bertz CT molecular complexity index is 2070. The van der Waals surface area contributed by atoms with Gasteiger partial charge in [-0.25, -0.2) is 4.98 Å². The van der Waals surface area contributed by atoms with Gasteiger partial charge in [0.05, 0.1) is 24.2 Å². The SMILES string of the molecule is COc1cccc(C=Nn2c(-c3cc4cc(Br)ccc4o3)nc3ccccc3c2=O)c1OCC(=O)Nc1ccc(C)cc1. The van der Waals surface area contributed by atoms with Crippen LogP contribution in [0.1, 0.15) is 11.1 Å². The van der Waals surface area contributed by atoms with Crippen LogP contribution in [-0.4, -0.2) is 35.5 Å². The summed E-state index contributed by atoms with van der Waals surface area (Å²) in [6, 6.07) is 27.2. The number of fused-ring (bicyclic) bond motifs is 2. The highest BCUT2D eigenvalue weighted by Crippen LogP contribution is 2.31. The highest BCUT2D eigenvalue weighted by atomic mass is 79.9. The standard InChI is InChI=1S/C33H25BrN4O5/c1-20-10-13-24(14-11-20)36-30(39)19-42-31-21(6-5-9-28(31)41-2)18-35-38-32(37-26-8-4-3-7-25(26)33(38)40)29-17-22-16-23(34)12-15-27(22)43-29/h3-18H,19H2,1-2H3,(H,36,39). The van der Waals surface area contributed by atoms with Crippen LogP contribution in [0.2, 0.25) is 0 Å². The molecule has 0 aliphatic heterocycles. The summed E-state index contributed by atoms with van der Waals surface area (Å²) in [6.07, 6.45) is 1.47. The van der Waals surface area contributed by atoms with E-state index in [4.69, 9.17) is 18.9 Å². The topological polar surface area (TPSA) is 108 Å². The van der Waals surface area contributed by atoms with Crippen LogP contribution >= 0.6 is 15.9 Å². The fourth-order valence-corrected chi connectivity index (χ4v) is 4.93. The van der Waals surface area contributed by atoms with Gasteiger partial charge in [0.25, 0.3) is 11.5 Å². The molecule has 0 bridgehead atoms. The van der Waals surface area contributed by atoms with E-state index in [9.17, 15) is 9.59 Å². The van der Waals surface area contributed by atoms with Gasteiger partial charge in [0, 0.05) is 21.1 Å². The van der Waals surface area contributed by atoms with Gasteiger partial charge < -0.3 is 19.2 Å². The van der Waals surface area contributed by atoms with Crippen molar-refractivity contribution in [2.45, 2.75) is 6.92 Å². The second-order valence-electron chi connectivity index (χ2n) is 9.69. The number of methoxy groups -OCH3 is 1. The molecule has 0 saturated heterocycles. The molecule has 0 unspecified atom stereocenters. The lowest BCUT2D eigenvalue weighted by atomic mass is 10.2. The summed E-state index contributed by atoms with van der Waals surface area (Å²) >= 11 is 3.48. The number of ether oxygens (including phenoxy) is 2. The number of hydrogen-bond donors (Lipinski definition) is 1. The molecule has 2 heterocycles. The second kappa shape index (κ2) is 11.9. The average Bonchev–Trinajstić information content (AvgIpc) is 3.44. The van der Waals surface area contributed by atoms with E-state index in [1.54, 1.807) is 36.4 Å². The van der Waals surface area contributed by atoms with Gasteiger partial charge in [-0.15, -0.1) is 0 Å². The Kier molecular flexibility index (Phi) is 7.76. The van der Waals surface area contributed by atoms with E-state index in [0.29, 0.717) is 45.0 Å². The number of amides is 1. The summed E-state index contributed by atoms with van der Waals surface area (Å²) in [6.45, 7) is 1.70. The maximum Gasteiger partial charge on any atom is 0.282 e. The van der Waals surface area contributed by atoms with Gasteiger partial charge in [0.2, 0.25) is 5.82 Å². The van der Waals surface area contributed by atoms with Gasteiger partial charge in [-0.2, -0.15) is 9.78 Å². The third-order valence-electron chi connectivity index (χ3n) is 6.68. The van der Waals surface area contributed by atoms with Gasteiger partial charge in [-0.1, -0.05) is 51.8 Å². The lowest BCUT2D eigenvalue weighted by molar-refractivity contribution is -0.118. The number of nitrogens with zero attached hydrogens (tertiary/aromatic N) is 3. The third kappa shape index (κ3) is 5.91. The van der Waals surface area contributed by atoms with Crippen molar-refractivity contribution in [3.05, 3.63) is 117 Å². The van der Waals surface area contributed by atoms with Crippen molar-refractivity contribution in [2.75, 3.05) is 19.0 Å². The first-order chi connectivity index (χ1) is 20.9. The maximum absolute atomic E-state index is 13.7. The maximum atomic E-state index is 13.7. The van der Waals surface area contributed by atoms with Crippen molar-refractivity contribution in [3.63, 3.8) is 0 Å². The van der Waals surface area contributed by atoms with Crippen LogP contribution in [0, 0.1) is 6.92 Å². The van der Waals surface area contributed by atoms with E-state index in [2.05, 4.69) is 26.3 Å². The first-order valence-electron chi connectivity index (χ1n) is 13.3. The molecule has 9 nitrogen and oxygen atoms in total. The zero-order valence-corrected chi connectivity index (χ0v) is 24.8. The molecule has 10 heteroatoms. The molecule has 0 spiro atoms. The molecule has 0 saturated carbocycles.